The normalized spacial score (nSPS) is 11.5. The fourth-order valence-electron chi connectivity index (χ4n) is 2.80. The molecule has 120 valence electrons. The van der Waals surface area contributed by atoms with E-state index in [-0.39, 0.29) is 0 Å². The lowest BCUT2D eigenvalue weighted by atomic mass is 10.0. The SMILES string of the molecule is Cc1cccc(-n2ncc(C(C)C)c2-c2ccc3nccn3n2)n1. The van der Waals surface area contributed by atoms with Crippen molar-refractivity contribution >= 4 is 5.65 Å². The van der Waals surface area contributed by atoms with Crippen LogP contribution in [0.2, 0.25) is 0 Å². The summed E-state index contributed by atoms with van der Waals surface area (Å²) in [6, 6.07) is 9.88. The van der Waals surface area contributed by atoms with E-state index in [1.54, 1.807) is 10.7 Å². The summed E-state index contributed by atoms with van der Waals surface area (Å²) < 4.78 is 3.65. The molecule has 0 fully saturated rings. The molecule has 0 bridgehead atoms. The van der Waals surface area contributed by atoms with Crippen LogP contribution in [-0.2, 0) is 0 Å². The second kappa shape index (κ2) is 5.56. The van der Waals surface area contributed by atoms with Gasteiger partial charge in [-0.15, -0.1) is 0 Å². The molecule has 4 aromatic heterocycles. The maximum atomic E-state index is 4.69. The molecule has 0 unspecified atom stereocenters. The van der Waals surface area contributed by atoms with Gasteiger partial charge in [-0.2, -0.15) is 10.2 Å². The van der Waals surface area contributed by atoms with E-state index >= 15 is 0 Å². The molecule has 0 aliphatic heterocycles. The Balaban J connectivity index is 1.96. The predicted molar refractivity (Wildman–Crippen MR) is 92.2 cm³/mol. The maximum absolute atomic E-state index is 4.69. The van der Waals surface area contributed by atoms with Crippen molar-refractivity contribution in [3.05, 3.63) is 60.2 Å². The molecule has 4 heterocycles. The second-order valence-electron chi connectivity index (χ2n) is 6.10. The van der Waals surface area contributed by atoms with Gasteiger partial charge in [0.15, 0.2) is 11.5 Å². The van der Waals surface area contributed by atoms with E-state index in [4.69, 9.17) is 5.10 Å². The van der Waals surface area contributed by atoms with Crippen molar-refractivity contribution < 1.29 is 0 Å². The van der Waals surface area contributed by atoms with Crippen LogP contribution in [0.3, 0.4) is 0 Å². The maximum Gasteiger partial charge on any atom is 0.154 e. The fourth-order valence-corrected chi connectivity index (χ4v) is 2.80. The summed E-state index contributed by atoms with van der Waals surface area (Å²) in [7, 11) is 0. The minimum absolute atomic E-state index is 0.332. The van der Waals surface area contributed by atoms with Gasteiger partial charge in [0.1, 0.15) is 5.69 Å². The number of aryl methyl sites for hydroxylation is 1. The quantitative estimate of drug-likeness (QED) is 0.581. The molecule has 4 rings (SSSR count). The standard InChI is InChI=1S/C18H18N6/c1-12(2)14-11-20-24(17-6-4-5-13(3)21-17)18(14)15-7-8-16-19-9-10-23(16)22-15/h4-12H,1-3H3. The average Bonchev–Trinajstić information content (AvgIpc) is 3.20. The topological polar surface area (TPSA) is 60.9 Å². The van der Waals surface area contributed by atoms with Gasteiger partial charge in [0.05, 0.1) is 11.9 Å². The van der Waals surface area contributed by atoms with Crippen molar-refractivity contribution in [2.24, 2.45) is 0 Å². The van der Waals surface area contributed by atoms with Crippen molar-refractivity contribution in [2.75, 3.05) is 0 Å². The van der Waals surface area contributed by atoms with Gasteiger partial charge in [0.25, 0.3) is 0 Å². The molecule has 0 spiro atoms. The Hall–Kier alpha value is -3.02. The summed E-state index contributed by atoms with van der Waals surface area (Å²) in [5.41, 5.74) is 4.75. The summed E-state index contributed by atoms with van der Waals surface area (Å²) >= 11 is 0. The highest BCUT2D eigenvalue weighted by atomic mass is 15.3. The van der Waals surface area contributed by atoms with Crippen LogP contribution in [0.15, 0.2) is 48.9 Å². The Kier molecular flexibility index (Phi) is 3.37. The molecule has 0 aliphatic rings. The number of imidazole rings is 1. The molecule has 0 N–H and O–H groups in total. The summed E-state index contributed by atoms with van der Waals surface area (Å²) in [5.74, 6) is 1.13. The first-order chi connectivity index (χ1) is 11.6. The first kappa shape index (κ1) is 14.6. The molecule has 0 aromatic carbocycles. The lowest BCUT2D eigenvalue weighted by molar-refractivity contribution is 0.829. The van der Waals surface area contributed by atoms with Crippen LogP contribution < -0.4 is 0 Å². The Morgan fingerprint density at radius 3 is 2.75 bits per heavy atom. The Morgan fingerprint density at radius 1 is 1.08 bits per heavy atom. The zero-order valence-electron chi connectivity index (χ0n) is 13.9. The molecule has 4 aromatic rings. The Labute approximate surface area is 139 Å². The van der Waals surface area contributed by atoms with Gasteiger partial charge in [0, 0.05) is 23.7 Å². The third-order valence-corrected chi connectivity index (χ3v) is 4.01. The van der Waals surface area contributed by atoms with Gasteiger partial charge in [-0.3, -0.25) is 0 Å². The van der Waals surface area contributed by atoms with Crippen molar-refractivity contribution in [1.82, 2.24) is 29.4 Å². The van der Waals surface area contributed by atoms with Crippen LogP contribution >= 0.6 is 0 Å². The molecule has 0 amide bonds. The molecule has 0 saturated heterocycles. The van der Waals surface area contributed by atoms with Crippen LogP contribution in [0.5, 0.6) is 0 Å². The van der Waals surface area contributed by atoms with Crippen LogP contribution in [0.25, 0.3) is 22.9 Å². The first-order valence-electron chi connectivity index (χ1n) is 7.96. The number of hydrogen-bond acceptors (Lipinski definition) is 4. The molecular formula is C18H18N6. The van der Waals surface area contributed by atoms with Crippen LogP contribution in [-0.4, -0.2) is 29.4 Å². The third-order valence-electron chi connectivity index (χ3n) is 4.01. The molecule has 0 radical (unpaired) electrons. The van der Waals surface area contributed by atoms with Gasteiger partial charge < -0.3 is 0 Å². The zero-order valence-corrected chi connectivity index (χ0v) is 13.9. The number of pyridine rings is 1. The Bertz CT molecular complexity index is 1010. The zero-order chi connectivity index (χ0) is 16.7. The van der Waals surface area contributed by atoms with Crippen molar-refractivity contribution in [3.8, 4) is 17.2 Å². The first-order valence-corrected chi connectivity index (χ1v) is 7.96. The van der Waals surface area contributed by atoms with E-state index in [0.29, 0.717) is 5.92 Å². The highest BCUT2D eigenvalue weighted by molar-refractivity contribution is 5.63. The molecule has 6 nitrogen and oxygen atoms in total. The fraction of sp³-hybridized carbons (Fsp3) is 0.222. The van der Waals surface area contributed by atoms with E-state index in [1.165, 1.54) is 0 Å². The van der Waals surface area contributed by atoms with Gasteiger partial charge in [-0.1, -0.05) is 19.9 Å². The van der Waals surface area contributed by atoms with Gasteiger partial charge >= 0.3 is 0 Å². The van der Waals surface area contributed by atoms with E-state index in [9.17, 15) is 0 Å². The number of fused-ring (bicyclic) bond motifs is 1. The average molecular weight is 318 g/mol. The number of rotatable bonds is 3. The minimum Gasteiger partial charge on any atom is -0.236 e. The van der Waals surface area contributed by atoms with E-state index < -0.39 is 0 Å². The Morgan fingerprint density at radius 2 is 1.96 bits per heavy atom. The van der Waals surface area contributed by atoms with Crippen LogP contribution in [0.1, 0.15) is 31.0 Å². The molecule has 0 atom stereocenters. The van der Waals surface area contributed by atoms with Gasteiger partial charge in [-0.05, 0) is 37.1 Å². The number of nitrogens with zero attached hydrogens (tertiary/aromatic N) is 6. The largest absolute Gasteiger partial charge is 0.236 e. The molecule has 24 heavy (non-hydrogen) atoms. The monoisotopic (exact) mass is 318 g/mol. The molecule has 0 aliphatic carbocycles. The third kappa shape index (κ3) is 2.36. The van der Waals surface area contributed by atoms with Gasteiger partial charge in [0.2, 0.25) is 0 Å². The van der Waals surface area contributed by atoms with E-state index in [1.807, 2.05) is 54.3 Å². The van der Waals surface area contributed by atoms with Crippen LogP contribution in [0.4, 0.5) is 0 Å². The highest BCUT2D eigenvalue weighted by Crippen LogP contribution is 2.29. The summed E-state index contributed by atoms with van der Waals surface area (Å²) in [4.78, 5) is 8.86. The van der Waals surface area contributed by atoms with Crippen molar-refractivity contribution in [1.29, 1.82) is 0 Å². The summed E-state index contributed by atoms with van der Waals surface area (Å²) in [6.45, 7) is 6.29. The molecular weight excluding hydrogens is 300 g/mol. The van der Waals surface area contributed by atoms with Crippen LogP contribution in [0, 0.1) is 6.92 Å². The van der Waals surface area contributed by atoms with E-state index in [2.05, 4.69) is 28.9 Å². The smallest absolute Gasteiger partial charge is 0.154 e. The van der Waals surface area contributed by atoms with Crippen molar-refractivity contribution in [2.45, 2.75) is 26.7 Å². The summed E-state index contributed by atoms with van der Waals surface area (Å²) in [5, 5.41) is 9.28. The highest BCUT2D eigenvalue weighted by Gasteiger charge is 2.19. The molecule has 0 saturated carbocycles. The lowest BCUT2D eigenvalue weighted by Gasteiger charge is -2.11. The van der Waals surface area contributed by atoms with Crippen molar-refractivity contribution in [3.63, 3.8) is 0 Å². The minimum atomic E-state index is 0.332. The number of hydrogen-bond donors (Lipinski definition) is 0. The predicted octanol–water partition coefficient (Wildman–Crippen LogP) is 3.41. The number of aromatic nitrogens is 6. The van der Waals surface area contributed by atoms with E-state index in [0.717, 1.165) is 34.1 Å². The molecule has 6 heteroatoms. The second-order valence-corrected chi connectivity index (χ2v) is 6.10. The lowest BCUT2D eigenvalue weighted by Crippen LogP contribution is -2.06. The summed E-state index contributed by atoms with van der Waals surface area (Å²) in [6.07, 6.45) is 5.50. The van der Waals surface area contributed by atoms with Gasteiger partial charge in [-0.25, -0.2) is 19.2 Å².